The molecule has 2 amide bonds. The molecule has 7 heteroatoms. The molecule has 32 heavy (non-hydrogen) atoms. The van der Waals surface area contributed by atoms with E-state index >= 15 is 0 Å². The predicted molar refractivity (Wildman–Crippen MR) is 118 cm³/mol. The minimum absolute atomic E-state index is 0.135. The van der Waals surface area contributed by atoms with Crippen molar-refractivity contribution in [1.29, 1.82) is 0 Å². The second kappa shape index (κ2) is 7.31. The summed E-state index contributed by atoms with van der Waals surface area (Å²) in [5.41, 5.74) is 3.24. The minimum Gasteiger partial charge on any atom is -0.463 e. The lowest BCUT2D eigenvalue weighted by Gasteiger charge is -2.35. The lowest BCUT2D eigenvalue weighted by molar-refractivity contribution is -0.147. The number of carbonyl (C=O) groups excluding carboxylic acids is 3. The van der Waals surface area contributed by atoms with Crippen molar-refractivity contribution in [2.24, 2.45) is 0 Å². The molecule has 0 bridgehead atoms. The molecule has 0 aliphatic carbocycles. The Balaban J connectivity index is 1.74. The maximum atomic E-state index is 14.3. The summed E-state index contributed by atoms with van der Waals surface area (Å²) in [6.45, 7) is 6.59. The number of esters is 1. The first kappa shape index (κ1) is 20.5. The van der Waals surface area contributed by atoms with Crippen LogP contribution < -0.4 is 4.90 Å². The summed E-state index contributed by atoms with van der Waals surface area (Å²) in [7, 11) is 0. The molecular formula is C25H25N3O4. The van der Waals surface area contributed by atoms with Crippen LogP contribution in [0, 0.1) is 13.8 Å². The van der Waals surface area contributed by atoms with Gasteiger partial charge in [-0.2, -0.15) is 5.01 Å². The van der Waals surface area contributed by atoms with Gasteiger partial charge in [0.1, 0.15) is 0 Å². The Kier molecular flexibility index (Phi) is 4.67. The third-order valence-corrected chi connectivity index (χ3v) is 6.42. The average Bonchev–Trinajstić information content (AvgIpc) is 3.37. The first-order valence-corrected chi connectivity index (χ1v) is 10.9. The van der Waals surface area contributed by atoms with Gasteiger partial charge in [-0.1, -0.05) is 48.0 Å². The van der Waals surface area contributed by atoms with Crippen molar-refractivity contribution in [2.75, 3.05) is 18.1 Å². The molecule has 2 aromatic carbocycles. The van der Waals surface area contributed by atoms with Gasteiger partial charge in [-0.05, 0) is 31.9 Å². The van der Waals surface area contributed by atoms with Crippen molar-refractivity contribution in [1.82, 2.24) is 10.0 Å². The number of aryl methyl sites for hydroxylation is 2. The van der Waals surface area contributed by atoms with Gasteiger partial charge in [-0.25, -0.2) is 9.80 Å². The molecule has 3 aliphatic heterocycles. The number of ether oxygens (including phenoxy) is 1. The molecule has 1 saturated heterocycles. The highest BCUT2D eigenvalue weighted by Gasteiger charge is 2.65. The van der Waals surface area contributed by atoms with Crippen LogP contribution >= 0.6 is 0 Å². The average molecular weight is 431 g/mol. The van der Waals surface area contributed by atoms with Crippen LogP contribution in [0.25, 0.3) is 0 Å². The summed E-state index contributed by atoms with van der Waals surface area (Å²) in [6, 6.07) is 13.8. The van der Waals surface area contributed by atoms with Crippen molar-refractivity contribution < 1.29 is 19.1 Å². The summed E-state index contributed by atoms with van der Waals surface area (Å²) in [5, 5.41) is 3.17. The number of hydrogen-bond acceptors (Lipinski definition) is 5. The van der Waals surface area contributed by atoms with Crippen molar-refractivity contribution in [2.45, 2.75) is 39.3 Å². The van der Waals surface area contributed by atoms with Gasteiger partial charge in [0.25, 0.3) is 5.91 Å². The first-order chi connectivity index (χ1) is 15.4. The first-order valence-electron chi connectivity index (χ1n) is 10.9. The van der Waals surface area contributed by atoms with Crippen molar-refractivity contribution in [3.63, 3.8) is 0 Å². The molecule has 1 fully saturated rings. The van der Waals surface area contributed by atoms with E-state index in [0.29, 0.717) is 19.5 Å². The van der Waals surface area contributed by atoms with Gasteiger partial charge >= 0.3 is 5.97 Å². The van der Waals surface area contributed by atoms with Gasteiger partial charge in [0.15, 0.2) is 5.54 Å². The van der Waals surface area contributed by atoms with Gasteiger partial charge in [-0.15, -0.1) is 0 Å². The minimum atomic E-state index is -1.40. The Labute approximate surface area is 186 Å². The fourth-order valence-corrected chi connectivity index (χ4v) is 5.23. The number of hydrazine groups is 1. The van der Waals surface area contributed by atoms with Gasteiger partial charge in [-0.3, -0.25) is 9.59 Å². The molecule has 0 saturated carbocycles. The van der Waals surface area contributed by atoms with E-state index in [-0.39, 0.29) is 24.0 Å². The second-order valence-electron chi connectivity index (χ2n) is 8.44. The SMILES string of the molecule is CCOC(=O)C1=CN2C(=O)CCN2C12C(=O)N(Cc1ccccc1)c1c(C)cc(C)cc12. The van der Waals surface area contributed by atoms with Crippen molar-refractivity contribution >= 4 is 23.5 Å². The maximum absolute atomic E-state index is 14.3. The molecule has 3 heterocycles. The van der Waals surface area contributed by atoms with Crippen LogP contribution in [0.1, 0.15) is 35.6 Å². The topological polar surface area (TPSA) is 70.2 Å². The van der Waals surface area contributed by atoms with E-state index in [1.54, 1.807) is 16.8 Å². The van der Waals surface area contributed by atoms with E-state index in [9.17, 15) is 14.4 Å². The highest BCUT2D eigenvalue weighted by Crippen LogP contribution is 2.55. The van der Waals surface area contributed by atoms with Gasteiger partial charge < -0.3 is 9.64 Å². The standard InChI is InChI=1S/C25H25N3O4/c1-4-32-23(30)20-15-27-21(29)10-11-28(27)25(20)19-13-16(2)12-17(3)22(19)26(24(25)31)14-18-8-6-5-7-9-18/h5-9,12-13,15H,4,10-11,14H2,1-3H3. The zero-order valence-electron chi connectivity index (χ0n) is 18.4. The molecule has 0 aromatic heterocycles. The normalized spacial score (nSPS) is 21.9. The number of anilines is 1. The van der Waals surface area contributed by atoms with Crippen LogP contribution in [0.3, 0.4) is 0 Å². The van der Waals surface area contributed by atoms with E-state index in [4.69, 9.17) is 4.74 Å². The van der Waals surface area contributed by atoms with E-state index < -0.39 is 11.5 Å². The number of amides is 2. The maximum Gasteiger partial charge on any atom is 0.338 e. The quantitative estimate of drug-likeness (QED) is 0.697. The molecule has 7 nitrogen and oxygen atoms in total. The summed E-state index contributed by atoms with van der Waals surface area (Å²) in [5.74, 6) is -0.944. The van der Waals surface area contributed by atoms with Crippen LogP contribution in [0.5, 0.6) is 0 Å². The molecule has 2 aromatic rings. The molecule has 0 N–H and O–H groups in total. The van der Waals surface area contributed by atoms with E-state index in [1.807, 2.05) is 56.3 Å². The lowest BCUT2D eigenvalue weighted by atomic mass is 9.82. The second-order valence-corrected chi connectivity index (χ2v) is 8.44. The summed E-state index contributed by atoms with van der Waals surface area (Å²) < 4.78 is 5.35. The van der Waals surface area contributed by atoms with Crippen LogP contribution in [0.2, 0.25) is 0 Å². The van der Waals surface area contributed by atoms with E-state index in [2.05, 4.69) is 0 Å². The molecule has 1 unspecified atom stereocenters. The zero-order chi connectivity index (χ0) is 22.6. The molecular weight excluding hydrogens is 406 g/mol. The molecule has 0 radical (unpaired) electrons. The predicted octanol–water partition coefficient (Wildman–Crippen LogP) is 2.96. The van der Waals surface area contributed by atoms with Gasteiger partial charge in [0.05, 0.1) is 24.4 Å². The van der Waals surface area contributed by atoms with E-state index in [0.717, 1.165) is 27.9 Å². The third kappa shape index (κ3) is 2.67. The summed E-state index contributed by atoms with van der Waals surface area (Å²) in [4.78, 5) is 41.8. The Bertz CT molecular complexity index is 1170. The summed E-state index contributed by atoms with van der Waals surface area (Å²) in [6.07, 6.45) is 1.79. The number of hydrogen-bond donors (Lipinski definition) is 0. The van der Waals surface area contributed by atoms with E-state index in [1.165, 1.54) is 11.2 Å². The Morgan fingerprint density at radius 2 is 1.88 bits per heavy atom. The van der Waals surface area contributed by atoms with Gasteiger partial charge in [0, 0.05) is 24.7 Å². The van der Waals surface area contributed by atoms with Gasteiger partial charge in [0.2, 0.25) is 5.91 Å². The lowest BCUT2D eigenvalue weighted by Crippen LogP contribution is -2.54. The van der Waals surface area contributed by atoms with Crippen LogP contribution in [0.4, 0.5) is 5.69 Å². The highest BCUT2D eigenvalue weighted by atomic mass is 16.5. The fourth-order valence-electron chi connectivity index (χ4n) is 5.23. The Morgan fingerprint density at radius 3 is 2.59 bits per heavy atom. The van der Waals surface area contributed by atoms with Crippen molar-refractivity contribution in [3.8, 4) is 0 Å². The molecule has 1 atom stereocenters. The number of rotatable bonds is 4. The summed E-state index contributed by atoms with van der Waals surface area (Å²) >= 11 is 0. The number of fused-ring (bicyclic) bond motifs is 4. The van der Waals surface area contributed by atoms with Crippen molar-refractivity contribution in [3.05, 3.63) is 76.5 Å². The molecule has 1 spiro atoms. The highest BCUT2D eigenvalue weighted by molar-refractivity contribution is 6.16. The fraction of sp³-hybridized carbons (Fsp3) is 0.320. The third-order valence-electron chi connectivity index (χ3n) is 6.42. The Hall–Kier alpha value is -3.45. The van der Waals surface area contributed by atoms with Crippen LogP contribution in [0.15, 0.2) is 54.2 Å². The number of carbonyl (C=O) groups is 3. The van der Waals surface area contributed by atoms with Crippen LogP contribution in [-0.2, 0) is 31.2 Å². The monoisotopic (exact) mass is 431 g/mol. The molecule has 3 aliphatic rings. The number of nitrogens with zero attached hydrogens (tertiary/aromatic N) is 3. The smallest absolute Gasteiger partial charge is 0.338 e. The number of benzene rings is 2. The van der Waals surface area contributed by atoms with Crippen LogP contribution in [-0.4, -0.2) is 41.0 Å². The molecule has 164 valence electrons. The largest absolute Gasteiger partial charge is 0.463 e. The molecule has 5 rings (SSSR count). The Morgan fingerprint density at radius 1 is 1.12 bits per heavy atom. The zero-order valence-corrected chi connectivity index (χ0v) is 18.4.